The summed E-state index contributed by atoms with van der Waals surface area (Å²) in [6.07, 6.45) is 10.5. The number of amidine groups is 1. The fourth-order valence-electron chi connectivity index (χ4n) is 2.58. The van der Waals surface area contributed by atoms with Crippen LogP contribution in [0, 0.1) is 5.92 Å². The van der Waals surface area contributed by atoms with Crippen molar-refractivity contribution in [3.8, 4) is 0 Å². The summed E-state index contributed by atoms with van der Waals surface area (Å²) in [4.78, 5) is 38.9. The van der Waals surface area contributed by atoms with Crippen LogP contribution in [0.1, 0.15) is 33.1 Å². The van der Waals surface area contributed by atoms with Crippen LogP contribution in [-0.4, -0.2) is 61.2 Å². The van der Waals surface area contributed by atoms with Gasteiger partial charge in [-0.25, -0.2) is 9.71 Å². The molecule has 2 unspecified atom stereocenters. The van der Waals surface area contributed by atoms with Crippen molar-refractivity contribution in [2.24, 2.45) is 5.92 Å². The first-order valence-electron chi connectivity index (χ1n) is 9.43. The first-order valence-corrected chi connectivity index (χ1v) is 9.43. The third-order valence-corrected chi connectivity index (χ3v) is 4.05. The van der Waals surface area contributed by atoms with Crippen LogP contribution in [0.3, 0.4) is 0 Å². The number of hydrogen-bond acceptors (Lipinski definition) is 4. The molecule has 1 heterocycles. The average Bonchev–Trinajstić information content (AvgIpc) is 3.12. The first kappa shape index (κ1) is 29.2. The van der Waals surface area contributed by atoms with Gasteiger partial charge >= 0.3 is 5.84 Å². The van der Waals surface area contributed by atoms with E-state index in [1.807, 2.05) is 24.0 Å². The molecule has 0 saturated carbocycles. The monoisotopic (exact) mass is 429 g/mol. The van der Waals surface area contributed by atoms with E-state index in [1.165, 1.54) is 13.2 Å². The van der Waals surface area contributed by atoms with Crippen molar-refractivity contribution in [2.45, 2.75) is 39.2 Å². The number of rotatable bonds is 11. The number of hydrogen-bond donors (Lipinski definition) is 3. The van der Waals surface area contributed by atoms with Crippen LogP contribution in [-0.2, 0) is 19.2 Å². The predicted octanol–water partition coefficient (Wildman–Crippen LogP) is -0.687. The predicted molar refractivity (Wildman–Crippen MR) is 113 cm³/mol. The van der Waals surface area contributed by atoms with Gasteiger partial charge < -0.3 is 20.5 Å². The van der Waals surface area contributed by atoms with Crippen molar-refractivity contribution in [3.63, 3.8) is 0 Å². The van der Waals surface area contributed by atoms with Gasteiger partial charge in [0.15, 0.2) is 0 Å². The summed E-state index contributed by atoms with van der Waals surface area (Å²) in [7, 11) is 1.37. The summed E-state index contributed by atoms with van der Waals surface area (Å²) in [5.74, 6) is -0.308. The van der Waals surface area contributed by atoms with Crippen LogP contribution in [0.15, 0.2) is 36.7 Å². The molecule has 5 N–H and O–H groups in total. The molecule has 10 heteroatoms. The van der Waals surface area contributed by atoms with Crippen LogP contribution in [0.2, 0.25) is 0 Å². The zero-order valence-electron chi connectivity index (χ0n) is 17.8. The highest BCUT2D eigenvalue weighted by Crippen LogP contribution is 2.17. The molecule has 0 saturated heterocycles. The van der Waals surface area contributed by atoms with Crippen molar-refractivity contribution in [1.29, 1.82) is 0 Å². The molecule has 0 spiro atoms. The molecule has 0 aromatic carbocycles. The molecule has 1 aliphatic heterocycles. The van der Waals surface area contributed by atoms with E-state index in [4.69, 9.17) is 0 Å². The van der Waals surface area contributed by atoms with E-state index in [9.17, 15) is 18.8 Å². The molecule has 0 radical (unpaired) electrons. The lowest BCUT2D eigenvalue weighted by Crippen LogP contribution is -2.73. The Morgan fingerprint density at radius 2 is 2.10 bits per heavy atom. The lowest BCUT2D eigenvalue weighted by molar-refractivity contribution is -0.744. The Bertz CT molecular complexity index is 622. The Morgan fingerprint density at radius 1 is 1.40 bits per heavy atom. The summed E-state index contributed by atoms with van der Waals surface area (Å²) in [5.41, 5.74) is 0. The van der Waals surface area contributed by atoms with Gasteiger partial charge in [-0.05, 0) is 19.4 Å². The Morgan fingerprint density at radius 3 is 2.57 bits per heavy atom. The van der Waals surface area contributed by atoms with Gasteiger partial charge in [-0.3, -0.25) is 14.4 Å². The number of unbranched alkanes of at least 4 members (excludes halogenated alkanes) is 1. The molecule has 30 heavy (non-hydrogen) atoms. The maximum Gasteiger partial charge on any atom is 0.313 e. The van der Waals surface area contributed by atoms with E-state index < -0.39 is 5.83 Å². The van der Waals surface area contributed by atoms with Crippen molar-refractivity contribution in [2.75, 3.05) is 20.2 Å². The lowest BCUT2D eigenvalue weighted by atomic mass is 10.00. The van der Waals surface area contributed by atoms with Crippen molar-refractivity contribution < 1.29 is 34.2 Å². The summed E-state index contributed by atoms with van der Waals surface area (Å²) in [6.45, 7) is 8.27. The summed E-state index contributed by atoms with van der Waals surface area (Å²) >= 11 is 0. The molecule has 1 rings (SSSR count). The van der Waals surface area contributed by atoms with Gasteiger partial charge in [-0.1, -0.05) is 43.7 Å². The molecule has 1 aliphatic rings. The van der Waals surface area contributed by atoms with Crippen LogP contribution < -0.4 is 15.8 Å². The van der Waals surface area contributed by atoms with E-state index in [-0.39, 0.29) is 29.2 Å². The standard InChI is InChI=1S/C13H22N2O2.C7H9FN2O2.H2O/c1-3-4-7-12(9-14-10-16)13(17)15-8-5-6-11(15)2;1-6(8)3-4-7(9-5-11)10-12-2;/h5-6,10-12H,3-4,7-9H2,1-2H3,(H,14,16);3-5H,1H2,2H3,(H,9,10,11);1H2/p+1/b;4-3-;. The van der Waals surface area contributed by atoms with Crippen molar-refractivity contribution in [3.05, 3.63) is 36.7 Å². The van der Waals surface area contributed by atoms with Gasteiger partial charge in [0.2, 0.25) is 12.3 Å². The minimum absolute atomic E-state index is 0. The molecule has 0 bridgehead atoms. The molecule has 0 aromatic rings. The molecule has 0 aliphatic carbocycles. The van der Waals surface area contributed by atoms with E-state index in [1.54, 1.807) is 0 Å². The van der Waals surface area contributed by atoms with Gasteiger partial charge in [0, 0.05) is 25.2 Å². The zero-order chi connectivity index (χ0) is 22.1. The maximum absolute atomic E-state index is 12.3. The zero-order valence-corrected chi connectivity index (χ0v) is 17.8. The summed E-state index contributed by atoms with van der Waals surface area (Å²) in [5, 5.41) is 7.19. The van der Waals surface area contributed by atoms with Gasteiger partial charge in [0.25, 0.3) is 6.41 Å². The van der Waals surface area contributed by atoms with Gasteiger partial charge in [0.1, 0.15) is 12.9 Å². The fourth-order valence-corrected chi connectivity index (χ4v) is 2.58. The third-order valence-electron chi connectivity index (χ3n) is 4.05. The second-order valence-electron chi connectivity index (χ2n) is 6.29. The van der Waals surface area contributed by atoms with Crippen LogP contribution in [0.4, 0.5) is 4.39 Å². The van der Waals surface area contributed by atoms with Gasteiger partial charge in [-0.15, -0.1) is 0 Å². The number of nitrogens with zero attached hydrogens (tertiary/aromatic N) is 1. The summed E-state index contributed by atoms with van der Waals surface area (Å²) < 4.78 is 12.1. The quantitative estimate of drug-likeness (QED) is 0.100. The summed E-state index contributed by atoms with van der Waals surface area (Å²) in [6, 6.07) is 0.183. The molecule has 9 nitrogen and oxygen atoms in total. The molecule has 2 atom stereocenters. The van der Waals surface area contributed by atoms with E-state index >= 15 is 0 Å². The molecule has 3 amide bonds. The Hall–Kier alpha value is -3.01. The van der Waals surface area contributed by atoms with Crippen LogP contribution in [0.25, 0.3) is 0 Å². The molecule has 170 valence electrons. The number of allylic oxidation sites excluding steroid dienone is 2. The molecular weight excluding hydrogens is 395 g/mol. The van der Waals surface area contributed by atoms with E-state index in [0.29, 0.717) is 25.9 Å². The highest BCUT2D eigenvalue weighted by atomic mass is 19.1. The van der Waals surface area contributed by atoms with Crippen LogP contribution >= 0.6 is 0 Å². The SMILES string of the molecule is C=C(F)/C=C\C(NC=O)=[NH+]\OC.CCCCC(CNC=O)C(=O)N1CC=CC1C.O. The second kappa shape index (κ2) is 18.0. The largest absolute Gasteiger partial charge is 0.412 e. The number of amides is 3. The minimum atomic E-state index is -0.613. The molecule has 0 fully saturated rings. The number of carbonyl (C=O) groups is 3. The number of carbonyl (C=O) groups excluding carboxylic acids is 3. The number of halogens is 1. The minimum Gasteiger partial charge on any atom is -0.412 e. The first-order chi connectivity index (χ1) is 13.9. The smallest absolute Gasteiger partial charge is 0.313 e. The van der Waals surface area contributed by atoms with Gasteiger partial charge in [0.05, 0.1) is 5.92 Å². The third kappa shape index (κ3) is 12.4. The fraction of sp³-hybridized carbons (Fsp3) is 0.500. The Kier molecular flexibility index (Phi) is 17.6. The highest BCUT2D eigenvalue weighted by Gasteiger charge is 2.27. The molecular formula is C20H34FN4O5+. The normalized spacial score (nSPS) is 16.1. The topological polar surface area (TPSA) is 133 Å². The second-order valence-corrected chi connectivity index (χ2v) is 6.29. The number of nitrogens with one attached hydrogen (secondary N) is 3. The van der Waals surface area contributed by atoms with E-state index in [0.717, 1.165) is 25.3 Å². The highest BCUT2D eigenvalue weighted by molar-refractivity contribution is 5.94. The average molecular weight is 430 g/mol. The van der Waals surface area contributed by atoms with Gasteiger partial charge in [-0.2, -0.15) is 0 Å². The van der Waals surface area contributed by atoms with E-state index in [2.05, 4.69) is 34.1 Å². The maximum atomic E-state index is 12.3. The van der Waals surface area contributed by atoms with Crippen molar-refractivity contribution in [1.82, 2.24) is 15.5 Å². The van der Waals surface area contributed by atoms with Crippen molar-refractivity contribution >= 4 is 24.6 Å². The Balaban J connectivity index is 0. The lowest BCUT2D eigenvalue weighted by Gasteiger charge is -2.26. The van der Waals surface area contributed by atoms with Crippen LogP contribution in [0.5, 0.6) is 0 Å². The molecule has 0 aromatic heterocycles. The Labute approximate surface area is 177 Å².